The molecule has 0 radical (unpaired) electrons. The molecule has 2 aromatic rings. The summed E-state index contributed by atoms with van der Waals surface area (Å²) in [5, 5.41) is 3.45. The number of rotatable bonds is 4. The minimum absolute atomic E-state index is 0.235. The van der Waals surface area contributed by atoms with E-state index in [-0.39, 0.29) is 12.1 Å². The SMILES string of the molecule is O=C(OCc1ccccc1)N1CC[C@@H](Nc2ccccc2)C1. The molecular formula is C18H20N2O2. The molecule has 0 aliphatic carbocycles. The fraction of sp³-hybridized carbons (Fsp3) is 0.278. The molecule has 0 spiro atoms. The first-order valence-electron chi connectivity index (χ1n) is 7.58. The van der Waals surface area contributed by atoms with Crippen LogP contribution in [0.2, 0.25) is 0 Å². The number of nitrogens with one attached hydrogen (secondary N) is 1. The van der Waals surface area contributed by atoms with Gasteiger partial charge in [0.05, 0.1) is 0 Å². The van der Waals surface area contributed by atoms with Crippen LogP contribution in [0.5, 0.6) is 0 Å². The predicted molar refractivity (Wildman–Crippen MR) is 86.7 cm³/mol. The van der Waals surface area contributed by atoms with Crippen molar-refractivity contribution in [2.45, 2.75) is 19.1 Å². The fourth-order valence-electron chi connectivity index (χ4n) is 2.62. The first-order chi connectivity index (χ1) is 10.8. The number of ether oxygens (including phenoxy) is 1. The smallest absolute Gasteiger partial charge is 0.410 e. The number of hydrogen-bond acceptors (Lipinski definition) is 3. The maximum atomic E-state index is 12.1. The fourth-order valence-corrected chi connectivity index (χ4v) is 2.62. The van der Waals surface area contributed by atoms with Crippen LogP contribution >= 0.6 is 0 Å². The number of benzene rings is 2. The van der Waals surface area contributed by atoms with Crippen molar-refractivity contribution in [3.8, 4) is 0 Å². The van der Waals surface area contributed by atoms with Crippen LogP contribution in [0.15, 0.2) is 60.7 Å². The molecule has 0 unspecified atom stereocenters. The van der Waals surface area contributed by atoms with Gasteiger partial charge in [-0.15, -0.1) is 0 Å². The summed E-state index contributed by atoms with van der Waals surface area (Å²) in [5.41, 5.74) is 2.10. The van der Waals surface area contributed by atoms with E-state index in [0.29, 0.717) is 13.2 Å². The predicted octanol–water partition coefficient (Wildman–Crippen LogP) is 3.51. The third-order valence-corrected chi connectivity index (χ3v) is 3.80. The van der Waals surface area contributed by atoms with Crippen LogP contribution in [0.25, 0.3) is 0 Å². The van der Waals surface area contributed by atoms with Gasteiger partial charge in [0, 0.05) is 24.8 Å². The zero-order valence-corrected chi connectivity index (χ0v) is 12.4. The molecule has 22 heavy (non-hydrogen) atoms. The standard InChI is InChI=1S/C18H20N2O2/c21-18(22-14-15-7-3-1-4-8-15)20-12-11-17(13-20)19-16-9-5-2-6-10-16/h1-10,17,19H,11-14H2/t17-/m1/s1. The summed E-state index contributed by atoms with van der Waals surface area (Å²) in [7, 11) is 0. The van der Waals surface area contributed by atoms with Gasteiger partial charge >= 0.3 is 6.09 Å². The summed E-state index contributed by atoms with van der Waals surface area (Å²) in [5.74, 6) is 0. The van der Waals surface area contributed by atoms with Crippen molar-refractivity contribution in [2.75, 3.05) is 18.4 Å². The number of carbonyl (C=O) groups is 1. The maximum Gasteiger partial charge on any atom is 0.410 e. The maximum absolute atomic E-state index is 12.1. The Morgan fingerprint density at radius 2 is 1.77 bits per heavy atom. The van der Waals surface area contributed by atoms with Crippen molar-refractivity contribution >= 4 is 11.8 Å². The molecule has 3 rings (SSSR count). The summed E-state index contributed by atoms with van der Waals surface area (Å²) in [4.78, 5) is 13.9. The monoisotopic (exact) mass is 296 g/mol. The second-order valence-electron chi connectivity index (χ2n) is 5.48. The van der Waals surface area contributed by atoms with Crippen LogP contribution in [-0.4, -0.2) is 30.1 Å². The number of hydrogen-bond donors (Lipinski definition) is 1. The van der Waals surface area contributed by atoms with Gasteiger partial charge in [-0.1, -0.05) is 48.5 Å². The van der Waals surface area contributed by atoms with Crippen LogP contribution in [-0.2, 0) is 11.3 Å². The molecule has 1 aliphatic rings. The minimum atomic E-state index is -0.235. The number of amides is 1. The normalized spacial score (nSPS) is 17.3. The Labute approximate surface area is 130 Å². The minimum Gasteiger partial charge on any atom is -0.445 e. The number of para-hydroxylation sites is 1. The number of anilines is 1. The molecule has 0 bridgehead atoms. The van der Waals surface area contributed by atoms with E-state index in [2.05, 4.69) is 5.32 Å². The summed E-state index contributed by atoms with van der Waals surface area (Å²) in [6, 6.07) is 20.1. The Kier molecular flexibility index (Phi) is 4.59. The Bertz CT molecular complexity index is 601. The molecule has 0 saturated carbocycles. The van der Waals surface area contributed by atoms with Gasteiger partial charge in [0.25, 0.3) is 0 Å². The molecule has 1 fully saturated rings. The van der Waals surface area contributed by atoms with E-state index in [1.807, 2.05) is 60.7 Å². The van der Waals surface area contributed by atoms with E-state index in [9.17, 15) is 4.79 Å². The molecule has 4 nitrogen and oxygen atoms in total. The molecule has 1 heterocycles. The molecule has 1 atom stereocenters. The van der Waals surface area contributed by atoms with Crippen molar-refractivity contribution in [2.24, 2.45) is 0 Å². The topological polar surface area (TPSA) is 41.6 Å². The quantitative estimate of drug-likeness (QED) is 0.938. The highest BCUT2D eigenvalue weighted by Gasteiger charge is 2.27. The van der Waals surface area contributed by atoms with Crippen molar-refractivity contribution in [3.63, 3.8) is 0 Å². The lowest BCUT2D eigenvalue weighted by Gasteiger charge is -2.17. The van der Waals surface area contributed by atoms with E-state index in [4.69, 9.17) is 4.74 Å². The van der Waals surface area contributed by atoms with Gasteiger partial charge in [-0.05, 0) is 24.1 Å². The Morgan fingerprint density at radius 3 is 2.50 bits per heavy atom. The zero-order chi connectivity index (χ0) is 15.2. The van der Waals surface area contributed by atoms with Gasteiger partial charge in [0.2, 0.25) is 0 Å². The molecule has 114 valence electrons. The van der Waals surface area contributed by atoms with Gasteiger partial charge in [0.15, 0.2) is 0 Å². The first kappa shape index (κ1) is 14.4. The van der Waals surface area contributed by atoms with E-state index < -0.39 is 0 Å². The third kappa shape index (κ3) is 3.79. The molecule has 1 amide bonds. The van der Waals surface area contributed by atoms with Gasteiger partial charge in [-0.2, -0.15) is 0 Å². The number of likely N-dealkylation sites (tertiary alicyclic amines) is 1. The number of carbonyl (C=O) groups excluding carboxylic acids is 1. The van der Waals surface area contributed by atoms with Crippen LogP contribution < -0.4 is 5.32 Å². The summed E-state index contributed by atoms with van der Waals surface area (Å²) in [6.07, 6.45) is 0.705. The molecule has 1 N–H and O–H groups in total. The lowest BCUT2D eigenvalue weighted by Crippen LogP contribution is -2.32. The third-order valence-electron chi connectivity index (χ3n) is 3.80. The highest BCUT2D eigenvalue weighted by Crippen LogP contribution is 2.16. The molecule has 1 aliphatic heterocycles. The van der Waals surface area contributed by atoms with Crippen LogP contribution in [0.4, 0.5) is 10.5 Å². The molecule has 0 aromatic heterocycles. The zero-order valence-electron chi connectivity index (χ0n) is 12.4. The van der Waals surface area contributed by atoms with Crippen LogP contribution in [0, 0.1) is 0 Å². The Morgan fingerprint density at radius 1 is 1.09 bits per heavy atom. The van der Waals surface area contributed by atoms with Gasteiger partial charge in [-0.3, -0.25) is 0 Å². The lowest BCUT2D eigenvalue weighted by atomic mass is 10.2. The molecule has 1 saturated heterocycles. The highest BCUT2D eigenvalue weighted by atomic mass is 16.6. The van der Waals surface area contributed by atoms with Crippen molar-refractivity contribution in [3.05, 3.63) is 66.2 Å². The van der Waals surface area contributed by atoms with E-state index in [1.165, 1.54) is 0 Å². The lowest BCUT2D eigenvalue weighted by molar-refractivity contribution is 0.104. The second-order valence-corrected chi connectivity index (χ2v) is 5.48. The number of nitrogens with zero attached hydrogens (tertiary/aromatic N) is 1. The van der Waals surface area contributed by atoms with Crippen molar-refractivity contribution < 1.29 is 9.53 Å². The summed E-state index contributed by atoms with van der Waals surface area (Å²) in [6.45, 7) is 1.74. The van der Waals surface area contributed by atoms with Gasteiger partial charge < -0.3 is 15.0 Å². The average Bonchev–Trinajstić information content (AvgIpc) is 3.03. The summed E-state index contributed by atoms with van der Waals surface area (Å²) >= 11 is 0. The molecular weight excluding hydrogens is 276 g/mol. The molecule has 4 heteroatoms. The van der Waals surface area contributed by atoms with Crippen LogP contribution in [0.1, 0.15) is 12.0 Å². The van der Waals surface area contributed by atoms with Crippen molar-refractivity contribution in [1.29, 1.82) is 0 Å². The van der Waals surface area contributed by atoms with Gasteiger partial charge in [-0.25, -0.2) is 4.79 Å². The van der Waals surface area contributed by atoms with E-state index >= 15 is 0 Å². The Hall–Kier alpha value is -2.49. The average molecular weight is 296 g/mol. The second kappa shape index (κ2) is 6.98. The summed E-state index contributed by atoms with van der Waals surface area (Å²) < 4.78 is 5.37. The Balaban J connectivity index is 1.46. The highest BCUT2D eigenvalue weighted by molar-refractivity contribution is 5.68. The van der Waals surface area contributed by atoms with Gasteiger partial charge in [0.1, 0.15) is 6.61 Å². The van der Waals surface area contributed by atoms with Crippen LogP contribution in [0.3, 0.4) is 0 Å². The van der Waals surface area contributed by atoms with E-state index in [0.717, 1.165) is 24.2 Å². The van der Waals surface area contributed by atoms with Crippen molar-refractivity contribution in [1.82, 2.24) is 4.90 Å². The molecule has 2 aromatic carbocycles. The first-order valence-corrected chi connectivity index (χ1v) is 7.58. The van der Waals surface area contributed by atoms with E-state index in [1.54, 1.807) is 4.90 Å². The largest absolute Gasteiger partial charge is 0.445 e.